The van der Waals surface area contributed by atoms with Crippen molar-refractivity contribution in [2.75, 3.05) is 7.05 Å². The first kappa shape index (κ1) is 20.6. The Morgan fingerprint density at radius 3 is 2.69 bits per heavy atom. The number of β-lactam (4-membered cyclic amide) rings is 1. The standard InChI is InChI=1S/C18H20N2O5.Na/c1-9(21)15-13-8-12(16(18(24)25)20(13)17(15)23)11-5-3-4-10(6-11)7-14(22)19-2;/h3-6,9,13,15,21H,7-8H2,1-2H3,(H,19,22)(H,24,25);/q;+1/p-1/t9-,13-,15-;/m1./s1. The Hall–Kier alpha value is -1.67. The molecule has 2 amide bonds. The third-order valence-electron chi connectivity index (χ3n) is 4.84. The Kier molecular flexibility index (Phi) is 6.29. The average Bonchev–Trinajstić information content (AvgIpc) is 2.89. The van der Waals surface area contributed by atoms with E-state index in [2.05, 4.69) is 5.32 Å². The summed E-state index contributed by atoms with van der Waals surface area (Å²) in [6, 6.07) is 6.67. The largest absolute Gasteiger partial charge is 1.00 e. The second kappa shape index (κ2) is 7.92. The molecule has 0 spiro atoms. The molecule has 0 aromatic heterocycles. The van der Waals surface area contributed by atoms with Crippen molar-refractivity contribution in [3.05, 3.63) is 41.1 Å². The molecule has 2 aliphatic rings. The minimum Gasteiger partial charge on any atom is -0.543 e. The molecule has 1 aromatic rings. The van der Waals surface area contributed by atoms with Gasteiger partial charge in [0, 0.05) is 7.05 Å². The van der Waals surface area contributed by atoms with Crippen LogP contribution in [-0.4, -0.2) is 47.0 Å². The third-order valence-corrected chi connectivity index (χ3v) is 4.84. The van der Waals surface area contributed by atoms with Crippen molar-refractivity contribution in [2.45, 2.75) is 31.9 Å². The maximum atomic E-state index is 12.2. The van der Waals surface area contributed by atoms with Crippen LogP contribution >= 0.6 is 0 Å². The number of hydrogen-bond donors (Lipinski definition) is 2. The van der Waals surface area contributed by atoms with Gasteiger partial charge in [-0.15, -0.1) is 0 Å². The van der Waals surface area contributed by atoms with E-state index >= 15 is 0 Å². The summed E-state index contributed by atoms with van der Waals surface area (Å²) in [4.78, 5) is 36.6. The number of aliphatic hydroxyl groups excluding tert-OH is 1. The van der Waals surface area contributed by atoms with Crippen molar-refractivity contribution in [1.29, 1.82) is 0 Å². The fourth-order valence-electron chi connectivity index (χ4n) is 3.66. The molecule has 1 fully saturated rings. The van der Waals surface area contributed by atoms with Crippen LogP contribution in [0.2, 0.25) is 0 Å². The van der Waals surface area contributed by atoms with E-state index in [9.17, 15) is 24.6 Å². The van der Waals surface area contributed by atoms with Crippen LogP contribution in [0, 0.1) is 5.92 Å². The topological polar surface area (TPSA) is 110 Å². The van der Waals surface area contributed by atoms with E-state index in [0.717, 1.165) is 5.56 Å². The normalized spacial score (nSPS) is 22.3. The van der Waals surface area contributed by atoms with E-state index in [1.165, 1.54) is 11.8 Å². The van der Waals surface area contributed by atoms with Gasteiger partial charge in [-0.1, -0.05) is 24.3 Å². The molecule has 7 nitrogen and oxygen atoms in total. The fraction of sp³-hybridized carbons (Fsp3) is 0.389. The molecular weight excluding hydrogens is 347 g/mol. The number of carboxylic acids is 1. The quantitative estimate of drug-likeness (QED) is 0.408. The number of carbonyl (C=O) groups excluding carboxylic acids is 3. The summed E-state index contributed by atoms with van der Waals surface area (Å²) in [7, 11) is 1.55. The number of aliphatic carboxylic acids is 1. The van der Waals surface area contributed by atoms with Gasteiger partial charge >= 0.3 is 29.6 Å². The zero-order chi connectivity index (χ0) is 18.3. The summed E-state index contributed by atoms with van der Waals surface area (Å²) >= 11 is 0. The van der Waals surface area contributed by atoms with Crippen LogP contribution in [0.1, 0.15) is 24.5 Å². The fourth-order valence-corrected chi connectivity index (χ4v) is 3.66. The van der Waals surface area contributed by atoms with Gasteiger partial charge in [0.05, 0.1) is 36.2 Å². The van der Waals surface area contributed by atoms with E-state index in [1.54, 1.807) is 31.3 Å². The van der Waals surface area contributed by atoms with E-state index in [0.29, 0.717) is 17.6 Å². The molecule has 26 heavy (non-hydrogen) atoms. The molecule has 1 saturated heterocycles. The van der Waals surface area contributed by atoms with Crippen molar-refractivity contribution in [3.63, 3.8) is 0 Å². The van der Waals surface area contributed by atoms with Crippen LogP contribution in [0.25, 0.3) is 5.57 Å². The first-order valence-corrected chi connectivity index (χ1v) is 8.10. The molecule has 0 aliphatic carbocycles. The van der Waals surface area contributed by atoms with Crippen LogP contribution in [0.15, 0.2) is 30.0 Å². The van der Waals surface area contributed by atoms with Gasteiger partial charge in [0.15, 0.2) is 0 Å². The SMILES string of the molecule is CNC(=O)Cc1cccc(C2=C(C(=O)[O-])N3C(=O)[C@H]([C@@H](C)O)[C@H]3C2)c1.[Na+]. The molecule has 2 N–H and O–H groups in total. The maximum Gasteiger partial charge on any atom is 1.00 e. The number of hydrogen-bond acceptors (Lipinski definition) is 5. The van der Waals surface area contributed by atoms with Crippen molar-refractivity contribution >= 4 is 23.4 Å². The van der Waals surface area contributed by atoms with E-state index in [1.807, 2.05) is 0 Å². The van der Waals surface area contributed by atoms with Gasteiger partial charge in [0.1, 0.15) is 0 Å². The van der Waals surface area contributed by atoms with Crippen molar-refractivity contribution in [2.24, 2.45) is 5.92 Å². The van der Waals surface area contributed by atoms with E-state index in [-0.39, 0.29) is 53.6 Å². The minimum absolute atomic E-state index is 0. The molecule has 0 unspecified atom stereocenters. The van der Waals surface area contributed by atoms with Crippen LogP contribution in [-0.2, 0) is 20.8 Å². The Bertz CT molecular complexity index is 790. The number of amides is 2. The number of benzene rings is 1. The van der Waals surface area contributed by atoms with Crippen LogP contribution in [0.5, 0.6) is 0 Å². The smallest absolute Gasteiger partial charge is 0.543 e. The van der Waals surface area contributed by atoms with Crippen LogP contribution in [0.4, 0.5) is 0 Å². The molecule has 0 radical (unpaired) electrons. The van der Waals surface area contributed by atoms with Gasteiger partial charge in [0.25, 0.3) is 0 Å². The molecule has 0 saturated carbocycles. The molecule has 3 rings (SSSR count). The Balaban J connectivity index is 0.00000243. The second-order valence-electron chi connectivity index (χ2n) is 6.41. The average molecular weight is 366 g/mol. The molecule has 2 heterocycles. The number of nitrogens with zero attached hydrogens (tertiary/aromatic N) is 1. The van der Waals surface area contributed by atoms with Crippen molar-refractivity contribution in [1.82, 2.24) is 10.2 Å². The number of aliphatic hydroxyl groups is 1. The van der Waals surface area contributed by atoms with Crippen LogP contribution in [0.3, 0.4) is 0 Å². The Morgan fingerprint density at radius 1 is 1.42 bits per heavy atom. The number of fused-ring (bicyclic) bond motifs is 1. The van der Waals surface area contributed by atoms with Gasteiger partial charge in [-0.25, -0.2) is 0 Å². The zero-order valence-corrected chi connectivity index (χ0v) is 17.0. The van der Waals surface area contributed by atoms with Gasteiger partial charge in [-0.2, -0.15) is 0 Å². The Morgan fingerprint density at radius 2 is 2.12 bits per heavy atom. The van der Waals surface area contributed by atoms with Gasteiger partial charge in [-0.05, 0) is 30.0 Å². The summed E-state index contributed by atoms with van der Waals surface area (Å²) in [5.74, 6) is -2.55. The third kappa shape index (κ3) is 3.44. The first-order chi connectivity index (χ1) is 11.8. The summed E-state index contributed by atoms with van der Waals surface area (Å²) in [6.45, 7) is 1.53. The molecule has 132 valence electrons. The number of carboxylic acid groups (broad SMARTS) is 1. The van der Waals surface area contributed by atoms with Gasteiger partial charge in [0.2, 0.25) is 11.8 Å². The predicted molar refractivity (Wildman–Crippen MR) is 86.6 cm³/mol. The molecule has 8 heteroatoms. The van der Waals surface area contributed by atoms with Gasteiger partial charge < -0.3 is 25.2 Å². The van der Waals surface area contributed by atoms with E-state index in [4.69, 9.17) is 0 Å². The minimum atomic E-state index is -1.41. The molecular formula is C18H19N2NaO5. The summed E-state index contributed by atoms with van der Waals surface area (Å²) in [5, 5.41) is 23.9. The zero-order valence-electron chi connectivity index (χ0n) is 15.0. The Labute approximate surface area is 173 Å². The monoisotopic (exact) mass is 366 g/mol. The summed E-state index contributed by atoms with van der Waals surface area (Å²) in [6.07, 6.45) is -0.315. The molecule has 3 atom stereocenters. The number of likely N-dealkylation sites (N-methyl/N-ethyl adjacent to an activating group) is 1. The van der Waals surface area contributed by atoms with Crippen LogP contribution < -0.4 is 40.0 Å². The number of carbonyl (C=O) groups is 3. The number of nitrogens with one attached hydrogen (secondary N) is 1. The van der Waals surface area contributed by atoms with Crippen molar-refractivity contribution in [3.8, 4) is 0 Å². The molecule has 1 aromatic carbocycles. The van der Waals surface area contributed by atoms with Crippen molar-refractivity contribution < 1.29 is 54.2 Å². The summed E-state index contributed by atoms with van der Waals surface area (Å²) in [5.41, 5.74) is 1.76. The van der Waals surface area contributed by atoms with E-state index < -0.39 is 23.9 Å². The molecule has 2 aliphatic heterocycles. The molecule has 0 bridgehead atoms. The summed E-state index contributed by atoms with van der Waals surface area (Å²) < 4.78 is 0. The van der Waals surface area contributed by atoms with Gasteiger partial charge in [-0.3, -0.25) is 9.59 Å². The first-order valence-electron chi connectivity index (χ1n) is 8.10. The second-order valence-corrected chi connectivity index (χ2v) is 6.41. The predicted octanol–water partition coefficient (Wildman–Crippen LogP) is -3.95. The maximum absolute atomic E-state index is 12.2. The number of rotatable bonds is 5.